The van der Waals surface area contributed by atoms with Gasteiger partial charge >= 0.3 is 0 Å². The highest BCUT2D eigenvalue weighted by molar-refractivity contribution is 6.39. The van der Waals surface area contributed by atoms with E-state index in [9.17, 15) is 0 Å². The van der Waals surface area contributed by atoms with Crippen LogP contribution in [-0.2, 0) is 0 Å². The van der Waals surface area contributed by atoms with E-state index >= 15 is 0 Å². The van der Waals surface area contributed by atoms with Crippen LogP contribution in [0.25, 0.3) is 11.1 Å². The van der Waals surface area contributed by atoms with Crippen molar-refractivity contribution in [1.82, 2.24) is 10.2 Å². The lowest BCUT2D eigenvalue weighted by molar-refractivity contribution is 0.344. The molecule has 3 rings (SSSR count). The van der Waals surface area contributed by atoms with E-state index in [-0.39, 0.29) is 0 Å². The van der Waals surface area contributed by atoms with Crippen LogP contribution in [0, 0.1) is 5.92 Å². The fourth-order valence-electron chi connectivity index (χ4n) is 3.21. The van der Waals surface area contributed by atoms with Gasteiger partial charge in [0.1, 0.15) is 0 Å². The minimum atomic E-state index is 0.452. The first-order valence-electron chi connectivity index (χ1n) is 7.36. The van der Waals surface area contributed by atoms with Crippen LogP contribution in [0.15, 0.2) is 18.2 Å². The Bertz CT molecular complexity index is 623. The summed E-state index contributed by atoms with van der Waals surface area (Å²) in [5.74, 6) is 1.72. The Labute approximate surface area is 134 Å². The van der Waals surface area contributed by atoms with Crippen molar-refractivity contribution in [2.75, 3.05) is 5.73 Å². The molecule has 1 aliphatic carbocycles. The average molecular weight is 324 g/mol. The highest BCUT2D eigenvalue weighted by Crippen LogP contribution is 2.44. The fourth-order valence-corrected chi connectivity index (χ4v) is 3.80. The third-order valence-corrected chi connectivity index (χ3v) is 5.09. The summed E-state index contributed by atoms with van der Waals surface area (Å²) in [5.41, 5.74) is 8.84. The molecule has 112 valence electrons. The summed E-state index contributed by atoms with van der Waals surface area (Å²) in [6.07, 6.45) is 4.77. The van der Waals surface area contributed by atoms with Crippen LogP contribution in [0.4, 0.5) is 5.82 Å². The van der Waals surface area contributed by atoms with Crippen LogP contribution < -0.4 is 5.73 Å². The zero-order valence-corrected chi connectivity index (χ0v) is 13.5. The normalized spacial score (nSPS) is 22.4. The van der Waals surface area contributed by atoms with Crippen molar-refractivity contribution in [3.63, 3.8) is 0 Å². The molecule has 5 heteroatoms. The molecule has 0 saturated heterocycles. The van der Waals surface area contributed by atoms with Gasteiger partial charge in [-0.25, -0.2) is 0 Å². The van der Waals surface area contributed by atoms with Crippen LogP contribution in [-0.4, -0.2) is 10.2 Å². The quantitative estimate of drug-likeness (QED) is 0.792. The largest absolute Gasteiger partial charge is 0.382 e. The van der Waals surface area contributed by atoms with Crippen molar-refractivity contribution >= 4 is 29.0 Å². The number of aromatic nitrogens is 2. The van der Waals surface area contributed by atoms with E-state index in [0.717, 1.165) is 35.6 Å². The van der Waals surface area contributed by atoms with Gasteiger partial charge in [0.25, 0.3) is 0 Å². The van der Waals surface area contributed by atoms with E-state index in [1.807, 2.05) is 18.2 Å². The van der Waals surface area contributed by atoms with Crippen LogP contribution in [0.2, 0.25) is 10.0 Å². The first-order chi connectivity index (χ1) is 10.1. The smallest absolute Gasteiger partial charge is 0.153 e. The van der Waals surface area contributed by atoms with Crippen molar-refractivity contribution < 1.29 is 0 Å². The number of rotatable bonds is 2. The molecule has 3 N–H and O–H groups in total. The zero-order chi connectivity index (χ0) is 15.0. The molecule has 0 bridgehead atoms. The minimum Gasteiger partial charge on any atom is -0.382 e. The molecule has 1 aliphatic rings. The molecule has 0 spiro atoms. The van der Waals surface area contributed by atoms with Gasteiger partial charge in [0.15, 0.2) is 5.82 Å². The number of nitrogen functional groups attached to an aromatic ring is 1. The summed E-state index contributed by atoms with van der Waals surface area (Å²) in [5, 5.41) is 8.55. The molecule has 1 aromatic heterocycles. The SMILES string of the molecule is CC1CCC(c2[nH]nc(N)c2-c2c(Cl)cccc2Cl)CC1. The topological polar surface area (TPSA) is 54.7 Å². The van der Waals surface area contributed by atoms with Gasteiger partial charge in [-0.2, -0.15) is 5.10 Å². The summed E-state index contributed by atoms with van der Waals surface area (Å²) in [6.45, 7) is 2.31. The van der Waals surface area contributed by atoms with Gasteiger partial charge in [0, 0.05) is 22.7 Å². The second-order valence-electron chi connectivity index (χ2n) is 5.95. The number of hydrogen-bond acceptors (Lipinski definition) is 2. The molecule has 0 atom stereocenters. The number of hydrogen-bond donors (Lipinski definition) is 2. The second-order valence-corrected chi connectivity index (χ2v) is 6.77. The third-order valence-electron chi connectivity index (χ3n) is 4.46. The van der Waals surface area contributed by atoms with Gasteiger partial charge in [-0.1, -0.05) is 49.0 Å². The summed E-state index contributed by atoms with van der Waals surface area (Å²) in [4.78, 5) is 0. The zero-order valence-electron chi connectivity index (χ0n) is 12.0. The summed E-state index contributed by atoms with van der Waals surface area (Å²) in [6, 6.07) is 5.51. The van der Waals surface area contributed by atoms with E-state index in [1.165, 1.54) is 12.8 Å². The lowest BCUT2D eigenvalue weighted by Gasteiger charge is -2.26. The standard InChI is InChI=1S/C16H19Cl2N3/c1-9-5-7-10(8-6-9)15-14(16(19)21-20-15)13-11(17)3-2-4-12(13)18/h2-4,9-10H,5-8H2,1H3,(H3,19,20,21). The third kappa shape index (κ3) is 2.77. The van der Waals surface area contributed by atoms with Crippen molar-refractivity contribution in [2.45, 2.75) is 38.5 Å². The molecule has 1 fully saturated rings. The number of benzene rings is 1. The highest BCUT2D eigenvalue weighted by atomic mass is 35.5. The van der Waals surface area contributed by atoms with Gasteiger partial charge in [-0.3, -0.25) is 5.10 Å². The van der Waals surface area contributed by atoms with E-state index in [2.05, 4.69) is 17.1 Å². The first-order valence-corrected chi connectivity index (χ1v) is 8.11. The van der Waals surface area contributed by atoms with Gasteiger partial charge in [0.2, 0.25) is 0 Å². The Balaban J connectivity index is 2.05. The highest BCUT2D eigenvalue weighted by Gasteiger charge is 2.27. The minimum absolute atomic E-state index is 0.452. The molecule has 3 nitrogen and oxygen atoms in total. The summed E-state index contributed by atoms with van der Waals surface area (Å²) >= 11 is 12.7. The lowest BCUT2D eigenvalue weighted by Crippen LogP contribution is -2.12. The number of aromatic amines is 1. The summed E-state index contributed by atoms with van der Waals surface area (Å²) < 4.78 is 0. The van der Waals surface area contributed by atoms with Gasteiger partial charge < -0.3 is 5.73 Å². The van der Waals surface area contributed by atoms with E-state index in [4.69, 9.17) is 28.9 Å². The van der Waals surface area contributed by atoms with E-state index in [1.54, 1.807) is 0 Å². The molecule has 21 heavy (non-hydrogen) atoms. The van der Waals surface area contributed by atoms with Crippen LogP contribution in [0.5, 0.6) is 0 Å². The second kappa shape index (κ2) is 5.90. The van der Waals surface area contributed by atoms with E-state index in [0.29, 0.717) is 21.8 Å². The Hall–Kier alpha value is -1.19. The number of halogens is 2. The molecule has 1 saturated carbocycles. The number of H-pyrrole nitrogens is 1. The van der Waals surface area contributed by atoms with Crippen molar-refractivity contribution in [3.05, 3.63) is 33.9 Å². The first kappa shape index (κ1) is 14.7. The van der Waals surface area contributed by atoms with Gasteiger partial charge in [-0.05, 0) is 30.9 Å². The molecular formula is C16H19Cl2N3. The Morgan fingerprint density at radius 2 is 1.71 bits per heavy atom. The van der Waals surface area contributed by atoms with Gasteiger partial charge in [0.05, 0.1) is 10.0 Å². The lowest BCUT2D eigenvalue weighted by atomic mass is 9.80. The number of nitrogens with two attached hydrogens (primary N) is 1. The molecule has 1 heterocycles. The molecular weight excluding hydrogens is 305 g/mol. The summed E-state index contributed by atoms with van der Waals surface area (Å²) in [7, 11) is 0. The predicted octanol–water partition coefficient (Wildman–Crippen LogP) is 5.26. The average Bonchev–Trinajstić information content (AvgIpc) is 2.82. The van der Waals surface area contributed by atoms with Crippen molar-refractivity contribution in [3.8, 4) is 11.1 Å². The number of nitrogens with one attached hydrogen (secondary N) is 1. The maximum absolute atomic E-state index is 6.35. The molecule has 2 aromatic rings. The monoisotopic (exact) mass is 323 g/mol. The molecule has 0 unspecified atom stereocenters. The molecule has 0 aliphatic heterocycles. The molecule has 0 radical (unpaired) electrons. The molecule has 1 aromatic carbocycles. The van der Waals surface area contributed by atoms with Crippen molar-refractivity contribution in [2.24, 2.45) is 5.92 Å². The van der Waals surface area contributed by atoms with Crippen LogP contribution in [0.3, 0.4) is 0 Å². The van der Waals surface area contributed by atoms with Crippen LogP contribution in [0.1, 0.15) is 44.2 Å². The van der Waals surface area contributed by atoms with Gasteiger partial charge in [-0.15, -0.1) is 0 Å². The number of anilines is 1. The van der Waals surface area contributed by atoms with E-state index < -0.39 is 0 Å². The molecule has 0 amide bonds. The maximum atomic E-state index is 6.35. The fraction of sp³-hybridized carbons (Fsp3) is 0.438. The Kier molecular flexibility index (Phi) is 4.14. The number of nitrogens with zero attached hydrogens (tertiary/aromatic N) is 1. The maximum Gasteiger partial charge on any atom is 0.153 e. The Morgan fingerprint density at radius 3 is 2.33 bits per heavy atom. The van der Waals surface area contributed by atoms with Crippen LogP contribution >= 0.6 is 23.2 Å². The predicted molar refractivity (Wildman–Crippen MR) is 88.8 cm³/mol. The van der Waals surface area contributed by atoms with Crippen molar-refractivity contribution in [1.29, 1.82) is 0 Å². The Morgan fingerprint density at radius 1 is 1.10 bits per heavy atom.